The average Bonchev–Trinajstić information content (AvgIpc) is 2.70. The lowest BCUT2D eigenvalue weighted by atomic mass is 10.3. The van der Waals surface area contributed by atoms with Crippen molar-refractivity contribution < 1.29 is 14.6 Å². The molecule has 1 amide bonds. The number of aliphatic hydroxyl groups is 1. The van der Waals surface area contributed by atoms with Gasteiger partial charge in [0.1, 0.15) is 0 Å². The highest BCUT2D eigenvalue weighted by Gasteiger charge is 2.04. The Balaban J connectivity index is 2.32. The minimum absolute atomic E-state index is 0.186. The van der Waals surface area contributed by atoms with Crippen LogP contribution in [0.1, 0.15) is 4.88 Å². The van der Waals surface area contributed by atoms with Crippen LogP contribution in [0.3, 0.4) is 0 Å². The summed E-state index contributed by atoms with van der Waals surface area (Å²) in [5.41, 5.74) is 0. The van der Waals surface area contributed by atoms with Crippen molar-refractivity contribution in [3.8, 4) is 0 Å². The first-order valence-corrected chi connectivity index (χ1v) is 6.61. The Bertz CT molecular complexity index is 392. The second kappa shape index (κ2) is 7.60. The Kier molecular flexibility index (Phi) is 6.43. The molecule has 6 heteroatoms. The first-order valence-electron chi connectivity index (χ1n) is 5.00. The van der Waals surface area contributed by atoms with Crippen LogP contribution in [0.4, 0.5) is 0 Å². The molecule has 0 aliphatic carbocycles. The summed E-state index contributed by atoms with van der Waals surface area (Å²) in [6.45, 7) is 0.396. The zero-order valence-electron chi connectivity index (χ0n) is 9.35. The van der Waals surface area contributed by atoms with Crippen molar-refractivity contribution in [3.05, 3.63) is 26.9 Å². The van der Waals surface area contributed by atoms with Gasteiger partial charge in [0.15, 0.2) is 0 Å². The number of aliphatic hydroxyl groups excluding tert-OH is 1. The van der Waals surface area contributed by atoms with E-state index in [0.29, 0.717) is 0 Å². The van der Waals surface area contributed by atoms with Crippen LogP contribution in [0.5, 0.6) is 0 Å². The predicted molar refractivity (Wildman–Crippen MR) is 71.9 cm³/mol. The van der Waals surface area contributed by atoms with Gasteiger partial charge in [-0.25, -0.2) is 0 Å². The Morgan fingerprint density at radius 2 is 2.47 bits per heavy atom. The summed E-state index contributed by atoms with van der Waals surface area (Å²) in [4.78, 5) is 12.4. The molecule has 0 fully saturated rings. The van der Waals surface area contributed by atoms with Gasteiger partial charge in [-0.3, -0.25) is 4.79 Å². The molecule has 0 saturated carbocycles. The van der Waals surface area contributed by atoms with Crippen molar-refractivity contribution in [2.45, 2.75) is 6.10 Å². The van der Waals surface area contributed by atoms with Gasteiger partial charge < -0.3 is 15.2 Å². The molecule has 0 bridgehead atoms. The highest BCUT2D eigenvalue weighted by molar-refractivity contribution is 9.11. The van der Waals surface area contributed by atoms with Crippen molar-refractivity contribution >= 4 is 39.2 Å². The molecule has 0 aliphatic rings. The predicted octanol–water partition coefficient (Wildman–Crippen LogP) is 1.65. The van der Waals surface area contributed by atoms with E-state index < -0.39 is 6.10 Å². The number of amides is 1. The van der Waals surface area contributed by atoms with Crippen LogP contribution in [-0.4, -0.2) is 37.4 Å². The number of halogens is 1. The lowest BCUT2D eigenvalue weighted by Crippen LogP contribution is -2.33. The Hall–Kier alpha value is -0.690. The fraction of sp³-hybridized carbons (Fsp3) is 0.364. The van der Waals surface area contributed by atoms with E-state index in [0.717, 1.165) is 8.66 Å². The van der Waals surface area contributed by atoms with Crippen molar-refractivity contribution in [3.63, 3.8) is 0 Å². The molecule has 0 aromatic carbocycles. The van der Waals surface area contributed by atoms with E-state index in [4.69, 9.17) is 4.74 Å². The van der Waals surface area contributed by atoms with Gasteiger partial charge >= 0.3 is 0 Å². The molecule has 1 rings (SSSR count). The number of ether oxygens (including phenoxy) is 1. The van der Waals surface area contributed by atoms with Gasteiger partial charge in [0, 0.05) is 24.6 Å². The highest BCUT2D eigenvalue weighted by atomic mass is 79.9. The van der Waals surface area contributed by atoms with Crippen LogP contribution in [0.2, 0.25) is 0 Å². The van der Waals surface area contributed by atoms with Crippen LogP contribution in [0.25, 0.3) is 6.08 Å². The summed E-state index contributed by atoms with van der Waals surface area (Å²) in [7, 11) is 1.50. The van der Waals surface area contributed by atoms with E-state index in [1.165, 1.54) is 13.2 Å². The maximum Gasteiger partial charge on any atom is 0.244 e. The molecular weight excluding hydrogens is 306 g/mol. The zero-order chi connectivity index (χ0) is 12.7. The quantitative estimate of drug-likeness (QED) is 0.784. The molecule has 1 aromatic rings. The molecule has 17 heavy (non-hydrogen) atoms. The lowest BCUT2D eigenvalue weighted by Gasteiger charge is -2.08. The molecule has 94 valence electrons. The third-order valence-corrected chi connectivity index (χ3v) is 3.45. The van der Waals surface area contributed by atoms with Crippen molar-refractivity contribution in [2.75, 3.05) is 20.3 Å². The number of thiophene rings is 1. The third kappa shape index (κ3) is 5.97. The normalized spacial score (nSPS) is 12.9. The molecule has 2 N–H and O–H groups in total. The van der Waals surface area contributed by atoms with Crippen LogP contribution in [0.15, 0.2) is 22.0 Å². The van der Waals surface area contributed by atoms with Crippen molar-refractivity contribution in [1.82, 2.24) is 5.32 Å². The van der Waals surface area contributed by atoms with Gasteiger partial charge in [0.25, 0.3) is 0 Å². The molecule has 1 aromatic heterocycles. The van der Waals surface area contributed by atoms with Crippen molar-refractivity contribution in [2.24, 2.45) is 0 Å². The molecule has 0 radical (unpaired) electrons. The first-order chi connectivity index (χ1) is 8.11. The molecule has 0 saturated heterocycles. The number of carbonyl (C=O) groups excluding carboxylic acids is 1. The number of nitrogens with one attached hydrogen (secondary N) is 1. The van der Waals surface area contributed by atoms with Crippen LogP contribution in [-0.2, 0) is 9.53 Å². The molecule has 4 nitrogen and oxygen atoms in total. The van der Waals surface area contributed by atoms with E-state index in [9.17, 15) is 9.90 Å². The fourth-order valence-electron chi connectivity index (χ4n) is 1.10. The second-order valence-corrected chi connectivity index (χ2v) is 5.82. The van der Waals surface area contributed by atoms with Crippen LogP contribution in [0, 0.1) is 0 Å². The maximum absolute atomic E-state index is 11.4. The first kappa shape index (κ1) is 14.4. The number of methoxy groups -OCH3 is 1. The Labute approximate surface area is 112 Å². The standard InChI is InChI=1S/C11H14BrNO3S/c1-16-7-8(14)6-13-11(15)5-3-9-2-4-10(12)17-9/h2-5,8,14H,6-7H2,1H3,(H,13,15). The number of rotatable bonds is 6. The number of hydrogen-bond acceptors (Lipinski definition) is 4. The number of hydrogen-bond donors (Lipinski definition) is 2. The van der Waals surface area contributed by atoms with Gasteiger partial charge in [-0.05, 0) is 34.1 Å². The van der Waals surface area contributed by atoms with Gasteiger partial charge in [-0.15, -0.1) is 11.3 Å². The average molecular weight is 320 g/mol. The van der Waals surface area contributed by atoms with Gasteiger partial charge in [0.05, 0.1) is 16.5 Å². The fourth-order valence-corrected chi connectivity index (χ4v) is 2.43. The van der Waals surface area contributed by atoms with E-state index in [1.54, 1.807) is 17.4 Å². The Morgan fingerprint density at radius 3 is 3.06 bits per heavy atom. The smallest absolute Gasteiger partial charge is 0.244 e. The summed E-state index contributed by atoms with van der Waals surface area (Å²) in [5.74, 6) is -0.232. The largest absolute Gasteiger partial charge is 0.389 e. The van der Waals surface area contributed by atoms with Gasteiger partial charge in [-0.2, -0.15) is 0 Å². The summed E-state index contributed by atoms with van der Waals surface area (Å²) >= 11 is 4.89. The molecule has 0 spiro atoms. The maximum atomic E-state index is 11.4. The third-order valence-electron chi connectivity index (χ3n) is 1.86. The van der Waals surface area contributed by atoms with Crippen molar-refractivity contribution in [1.29, 1.82) is 0 Å². The summed E-state index contributed by atoms with van der Waals surface area (Å²) in [6.07, 6.45) is 2.50. The number of carbonyl (C=O) groups is 1. The minimum atomic E-state index is -0.673. The highest BCUT2D eigenvalue weighted by Crippen LogP contribution is 2.22. The lowest BCUT2D eigenvalue weighted by molar-refractivity contribution is -0.117. The van der Waals surface area contributed by atoms with Crippen LogP contribution >= 0.6 is 27.3 Å². The summed E-state index contributed by atoms with van der Waals surface area (Å²) in [6, 6.07) is 3.84. The Morgan fingerprint density at radius 1 is 1.71 bits per heavy atom. The molecule has 1 heterocycles. The monoisotopic (exact) mass is 319 g/mol. The van der Waals surface area contributed by atoms with E-state index in [1.807, 2.05) is 12.1 Å². The molecule has 1 atom stereocenters. The SMILES string of the molecule is COCC(O)CNC(=O)C=Cc1ccc(Br)s1. The van der Waals surface area contributed by atoms with Crippen LogP contribution < -0.4 is 5.32 Å². The van der Waals surface area contributed by atoms with E-state index >= 15 is 0 Å². The molecule has 0 aliphatic heterocycles. The summed E-state index contributed by atoms with van der Waals surface area (Å²) < 4.78 is 5.77. The van der Waals surface area contributed by atoms with Gasteiger partial charge in [0.2, 0.25) is 5.91 Å². The zero-order valence-corrected chi connectivity index (χ0v) is 11.8. The topological polar surface area (TPSA) is 58.6 Å². The molecule has 1 unspecified atom stereocenters. The van der Waals surface area contributed by atoms with E-state index in [-0.39, 0.29) is 19.1 Å². The van der Waals surface area contributed by atoms with E-state index in [2.05, 4.69) is 21.2 Å². The van der Waals surface area contributed by atoms with Gasteiger partial charge in [-0.1, -0.05) is 0 Å². The summed E-state index contributed by atoms with van der Waals surface area (Å²) in [5, 5.41) is 11.9. The second-order valence-electron chi connectivity index (χ2n) is 3.33. The minimum Gasteiger partial charge on any atom is -0.389 e. The molecular formula is C11H14BrNO3S.